The molecule has 1 aromatic carbocycles. The van der Waals surface area contributed by atoms with Crippen molar-refractivity contribution in [1.82, 2.24) is 4.57 Å². The number of benzene rings is 1. The highest BCUT2D eigenvalue weighted by molar-refractivity contribution is 7.10. The highest BCUT2D eigenvalue weighted by atomic mass is 32.1. The Bertz CT molecular complexity index is 824. The van der Waals surface area contributed by atoms with Crippen molar-refractivity contribution in [1.29, 1.82) is 0 Å². The Hall–Kier alpha value is -2.05. The van der Waals surface area contributed by atoms with E-state index in [1.807, 2.05) is 18.2 Å². The number of nitrogens with two attached hydrogens (primary N) is 1. The lowest BCUT2D eigenvalue weighted by molar-refractivity contribution is 0.304. The van der Waals surface area contributed by atoms with E-state index >= 15 is 0 Å². The molecule has 0 aliphatic rings. The molecular weight excluding hydrogens is 408 g/mol. The van der Waals surface area contributed by atoms with E-state index in [0.717, 1.165) is 42.1 Å². The first-order valence-electron chi connectivity index (χ1n) is 11.7. The third-order valence-corrected chi connectivity index (χ3v) is 6.24. The van der Waals surface area contributed by atoms with Gasteiger partial charge in [0.2, 0.25) is 5.88 Å². The second kappa shape index (κ2) is 14.9. The van der Waals surface area contributed by atoms with Crippen LogP contribution in [-0.2, 0) is 13.0 Å². The minimum atomic E-state index is -0.184. The summed E-state index contributed by atoms with van der Waals surface area (Å²) in [6.45, 7) is 3.68. The molecule has 2 aromatic rings. The quantitative estimate of drug-likeness (QED) is 0.322. The Balaban J connectivity index is 1.64. The summed E-state index contributed by atoms with van der Waals surface area (Å²) < 4.78 is 7.16. The number of allylic oxidation sites excluding steroid dienone is 1. The van der Waals surface area contributed by atoms with Gasteiger partial charge in [-0.05, 0) is 36.6 Å². The standard InChI is InChI=1S/C25H38N2O3S/c1-2-3-4-5-6-7-8-9-10-20-30-22-16-14-21(15-17-22)12-11-13-23-24(28)27(19-18-26)25(29)31-23/h11,13-17,28H,2-10,12,18-20,26H2,1H3/b13-11+. The van der Waals surface area contributed by atoms with Crippen LogP contribution in [0, 0.1) is 0 Å². The van der Waals surface area contributed by atoms with E-state index in [9.17, 15) is 9.90 Å². The van der Waals surface area contributed by atoms with Crippen LogP contribution < -0.4 is 15.3 Å². The van der Waals surface area contributed by atoms with Gasteiger partial charge in [-0.1, -0.05) is 87.8 Å². The van der Waals surface area contributed by atoms with E-state index in [-0.39, 0.29) is 10.8 Å². The normalized spacial score (nSPS) is 11.4. The van der Waals surface area contributed by atoms with Gasteiger partial charge in [0, 0.05) is 13.1 Å². The number of aromatic nitrogens is 1. The SMILES string of the molecule is CCCCCCCCCCCOc1ccc(C/C=C/c2sc(=O)n(CCN)c2O)cc1. The fourth-order valence-corrected chi connectivity index (χ4v) is 4.32. The van der Waals surface area contributed by atoms with E-state index in [1.54, 1.807) is 6.08 Å². The summed E-state index contributed by atoms with van der Waals surface area (Å²) in [5.74, 6) is 0.902. The summed E-state index contributed by atoms with van der Waals surface area (Å²) >= 11 is 1.03. The van der Waals surface area contributed by atoms with Crippen LogP contribution in [0.1, 0.15) is 75.2 Å². The Morgan fingerprint density at radius 3 is 2.32 bits per heavy atom. The Labute approximate surface area is 190 Å². The van der Waals surface area contributed by atoms with Crippen LogP contribution in [0.5, 0.6) is 11.6 Å². The lowest BCUT2D eigenvalue weighted by atomic mass is 10.1. The van der Waals surface area contributed by atoms with Gasteiger partial charge in [-0.2, -0.15) is 0 Å². The van der Waals surface area contributed by atoms with Crippen LogP contribution >= 0.6 is 11.3 Å². The van der Waals surface area contributed by atoms with Crippen molar-refractivity contribution in [3.63, 3.8) is 0 Å². The first-order chi connectivity index (χ1) is 15.2. The molecule has 5 nitrogen and oxygen atoms in total. The van der Waals surface area contributed by atoms with Crippen LogP contribution in [-0.4, -0.2) is 22.8 Å². The topological polar surface area (TPSA) is 77.5 Å². The summed E-state index contributed by atoms with van der Waals surface area (Å²) in [4.78, 5) is 12.2. The van der Waals surface area contributed by atoms with Crippen LogP contribution in [0.3, 0.4) is 0 Å². The van der Waals surface area contributed by atoms with E-state index in [4.69, 9.17) is 10.5 Å². The number of rotatable bonds is 16. The summed E-state index contributed by atoms with van der Waals surface area (Å²) in [5.41, 5.74) is 6.63. The molecule has 172 valence electrons. The smallest absolute Gasteiger partial charge is 0.310 e. The van der Waals surface area contributed by atoms with Crippen LogP contribution in [0.15, 0.2) is 35.1 Å². The van der Waals surface area contributed by atoms with Gasteiger partial charge in [0.1, 0.15) is 5.75 Å². The Kier molecular flexibility index (Phi) is 12.1. The molecular formula is C25H38N2O3S. The maximum absolute atomic E-state index is 11.8. The number of ether oxygens (including phenoxy) is 1. The van der Waals surface area contributed by atoms with Gasteiger partial charge in [0.15, 0.2) is 0 Å². The molecule has 0 amide bonds. The molecule has 2 rings (SSSR count). The number of hydrogen-bond donors (Lipinski definition) is 2. The number of unbranched alkanes of at least 4 members (excludes halogenated alkanes) is 8. The average Bonchev–Trinajstić information content (AvgIpc) is 3.04. The zero-order chi connectivity index (χ0) is 22.3. The van der Waals surface area contributed by atoms with Gasteiger partial charge >= 0.3 is 4.87 Å². The second-order valence-corrected chi connectivity index (χ2v) is 8.92. The summed E-state index contributed by atoms with van der Waals surface area (Å²) in [6.07, 6.45) is 16.3. The van der Waals surface area contributed by atoms with E-state index in [1.165, 1.54) is 55.9 Å². The summed E-state index contributed by atoms with van der Waals surface area (Å²) in [6, 6.07) is 8.12. The van der Waals surface area contributed by atoms with Crippen molar-refractivity contribution >= 4 is 17.4 Å². The Morgan fingerprint density at radius 2 is 1.68 bits per heavy atom. The molecule has 0 fully saturated rings. The van der Waals surface area contributed by atoms with Crippen molar-refractivity contribution in [3.05, 3.63) is 50.4 Å². The van der Waals surface area contributed by atoms with E-state index in [0.29, 0.717) is 18.0 Å². The lowest BCUT2D eigenvalue weighted by Gasteiger charge is -2.07. The summed E-state index contributed by atoms with van der Waals surface area (Å²) in [7, 11) is 0. The highest BCUT2D eigenvalue weighted by Gasteiger charge is 2.10. The van der Waals surface area contributed by atoms with Gasteiger partial charge in [0.25, 0.3) is 0 Å². The zero-order valence-corrected chi connectivity index (χ0v) is 19.7. The maximum Gasteiger partial charge on any atom is 0.310 e. The minimum Gasteiger partial charge on any atom is -0.494 e. The fourth-order valence-electron chi connectivity index (χ4n) is 3.48. The molecule has 0 bridgehead atoms. The predicted octanol–water partition coefficient (Wildman–Crippen LogP) is 5.74. The van der Waals surface area contributed by atoms with Crippen LogP contribution in [0.25, 0.3) is 6.08 Å². The molecule has 3 N–H and O–H groups in total. The number of aromatic hydroxyl groups is 1. The van der Waals surface area contributed by atoms with Gasteiger partial charge < -0.3 is 15.6 Å². The molecule has 0 aliphatic carbocycles. The molecule has 0 unspecified atom stereocenters. The molecule has 0 radical (unpaired) electrons. The third-order valence-electron chi connectivity index (χ3n) is 5.31. The minimum absolute atomic E-state index is 0.00283. The van der Waals surface area contributed by atoms with Crippen molar-refractivity contribution in [2.45, 2.75) is 77.7 Å². The van der Waals surface area contributed by atoms with Crippen molar-refractivity contribution < 1.29 is 9.84 Å². The predicted molar refractivity (Wildman–Crippen MR) is 131 cm³/mol. The number of nitrogens with zero attached hydrogens (tertiary/aromatic N) is 1. The van der Waals surface area contributed by atoms with Crippen molar-refractivity contribution in [2.24, 2.45) is 5.73 Å². The molecule has 0 atom stereocenters. The van der Waals surface area contributed by atoms with Crippen LogP contribution in [0.2, 0.25) is 0 Å². The van der Waals surface area contributed by atoms with E-state index in [2.05, 4.69) is 19.1 Å². The van der Waals surface area contributed by atoms with Gasteiger partial charge in [-0.25, -0.2) is 0 Å². The largest absolute Gasteiger partial charge is 0.494 e. The molecule has 1 aromatic heterocycles. The molecule has 0 spiro atoms. The monoisotopic (exact) mass is 446 g/mol. The second-order valence-electron chi connectivity index (χ2n) is 7.92. The zero-order valence-electron chi connectivity index (χ0n) is 18.9. The van der Waals surface area contributed by atoms with Crippen molar-refractivity contribution in [2.75, 3.05) is 13.2 Å². The fraction of sp³-hybridized carbons (Fsp3) is 0.560. The third kappa shape index (κ3) is 9.32. The number of thiazole rings is 1. The average molecular weight is 447 g/mol. The van der Waals surface area contributed by atoms with Crippen LogP contribution in [0.4, 0.5) is 0 Å². The highest BCUT2D eigenvalue weighted by Crippen LogP contribution is 2.22. The molecule has 6 heteroatoms. The van der Waals surface area contributed by atoms with E-state index < -0.39 is 0 Å². The van der Waals surface area contributed by atoms with Gasteiger partial charge in [-0.3, -0.25) is 9.36 Å². The molecule has 0 aliphatic heterocycles. The van der Waals surface area contributed by atoms with Gasteiger partial charge in [-0.15, -0.1) is 0 Å². The molecule has 31 heavy (non-hydrogen) atoms. The molecule has 0 saturated carbocycles. The lowest BCUT2D eigenvalue weighted by Crippen LogP contribution is -2.18. The first kappa shape index (κ1) is 25.2. The molecule has 1 heterocycles. The Morgan fingerprint density at radius 1 is 1.03 bits per heavy atom. The van der Waals surface area contributed by atoms with Crippen molar-refractivity contribution in [3.8, 4) is 11.6 Å². The summed E-state index contributed by atoms with van der Waals surface area (Å²) in [5, 5.41) is 10.1. The molecule has 0 saturated heterocycles. The first-order valence-corrected chi connectivity index (χ1v) is 12.5. The maximum atomic E-state index is 11.8. The number of hydrogen-bond acceptors (Lipinski definition) is 5. The van der Waals surface area contributed by atoms with Gasteiger partial charge in [0.05, 0.1) is 11.5 Å².